The fraction of sp³-hybridized carbons (Fsp3) is 0.556. The Morgan fingerprint density at radius 3 is 2.30 bits per heavy atom. The van der Waals surface area contributed by atoms with Gasteiger partial charge in [0.05, 0.1) is 11.5 Å². The van der Waals surface area contributed by atoms with E-state index in [1.165, 1.54) is 24.3 Å². The average molecular weight is 397 g/mol. The van der Waals surface area contributed by atoms with E-state index in [0.29, 0.717) is 38.1 Å². The molecule has 0 spiro atoms. The van der Waals surface area contributed by atoms with Crippen molar-refractivity contribution in [3.05, 3.63) is 29.8 Å². The summed E-state index contributed by atoms with van der Waals surface area (Å²) in [4.78, 5) is 25.3. The summed E-state index contributed by atoms with van der Waals surface area (Å²) in [6.45, 7) is 6.66. The van der Waals surface area contributed by atoms with Gasteiger partial charge in [-0.15, -0.1) is 0 Å². The molecule has 0 saturated carbocycles. The van der Waals surface area contributed by atoms with Crippen LogP contribution in [0.3, 0.4) is 0 Å². The first-order valence-electron chi connectivity index (χ1n) is 9.08. The second kappa shape index (κ2) is 9.18. The molecule has 1 fully saturated rings. The van der Waals surface area contributed by atoms with Gasteiger partial charge in [-0.25, -0.2) is 17.9 Å². The van der Waals surface area contributed by atoms with E-state index in [4.69, 9.17) is 4.74 Å². The third kappa shape index (κ3) is 5.93. The molecular formula is C18H27N3O5S. The Morgan fingerprint density at radius 2 is 1.78 bits per heavy atom. The zero-order valence-electron chi connectivity index (χ0n) is 15.9. The van der Waals surface area contributed by atoms with E-state index in [1.54, 1.807) is 11.8 Å². The highest BCUT2D eigenvalue weighted by molar-refractivity contribution is 7.89. The largest absolute Gasteiger partial charge is 0.450 e. The summed E-state index contributed by atoms with van der Waals surface area (Å²) >= 11 is 0. The lowest BCUT2D eigenvalue weighted by atomic mass is 10.1. The van der Waals surface area contributed by atoms with Crippen molar-refractivity contribution in [2.75, 3.05) is 19.7 Å². The summed E-state index contributed by atoms with van der Waals surface area (Å²) in [5.74, 6) is -0.242. The lowest BCUT2D eigenvalue weighted by molar-refractivity contribution is 0.0940. The quantitative estimate of drug-likeness (QED) is 0.761. The van der Waals surface area contributed by atoms with Crippen molar-refractivity contribution >= 4 is 22.0 Å². The van der Waals surface area contributed by atoms with Gasteiger partial charge in [0.1, 0.15) is 0 Å². The normalized spacial score (nSPS) is 15.6. The number of benzene rings is 1. The van der Waals surface area contributed by atoms with E-state index in [-0.39, 0.29) is 29.0 Å². The molecule has 1 aromatic carbocycles. The van der Waals surface area contributed by atoms with Crippen LogP contribution in [-0.2, 0) is 14.8 Å². The van der Waals surface area contributed by atoms with Crippen molar-refractivity contribution in [2.24, 2.45) is 0 Å². The third-order valence-corrected chi connectivity index (χ3v) is 5.73. The van der Waals surface area contributed by atoms with E-state index >= 15 is 0 Å². The molecule has 1 saturated heterocycles. The number of nitrogens with one attached hydrogen (secondary N) is 2. The first kappa shape index (κ1) is 21.2. The Labute approximate surface area is 160 Å². The minimum atomic E-state index is -3.69. The number of piperidine rings is 1. The molecule has 0 aromatic heterocycles. The second-order valence-electron chi connectivity index (χ2n) is 6.73. The molecule has 2 rings (SSSR count). The minimum Gasteiger partial charge on any atom is -0.450 e. The van der Waals surface area contributed by atoms with Gasteiger partial charge in [-0.3, -0.25) is 4.79 Å². The zero-order valence-corrected chi connectivity index (χ0v) is 16.7. The highest BCUT2D eigenvalue weighted by atomic mass is 32.2. The standard InChI is InChI=1S/C18H27N3O5S/c1-4-26-18(23)21-11-9-15(10-12-21)20-27(24,25)16-7-5-14(6-8-16)17(22)19-13(2)3/h5-8,13,15,20H,4,9-12H2,1-3H3,(H,19,22). The lowest BCUT2D eigenvalue weighted by Gasteiger charge is -2.31. The number of ether oxygens (including phenoxy) is 1. The minimum absolute atomic E-state index is 0.00282. The maximum atomic E-state index is 12.6. The molecule has 9 heteroatoms. The van der Waals surface area contributed by atoms with E-state index in [1.807, 2.05) is 13.8 Å². The van der Waals surface area contributed by atoms with Gasteiger partial charge < -0.3 is 15.0 Å². The number of carbonyl (C=O) groups is 2. The first-order valence-corrected chi connectivity index (χ1v) is 10.6. The molecule has 2 amide bonds. The van der Waals surface area contributed by atoms with Gasteiger partial charge in [0.25, 0.3) is 5.91 Å². The number of nitrogens with zero attached hydrogens (tertiary/aromatic N) is 1. The van der Waals surface area contributed by atoms with E-state index in [9.17, 15) is 18.0 Å². The van der Waals surface area contributed by atoms with Crippen LogP contribution < -0.4 is 10.0 Å². The van der Waals surface area contributed by atoms with Gasteiger partial charge in [-0.2, -0.15) is 0 Å². The van der Waals surface area contributed by atoms with Gasteiger partial charge in [-0.1, -0.05) is 0 Å². The van der Waals surface area contributed by atoms with Crippen LogP contribution >= 0.6 is 0 Å². The maximum Gasteiger partial charge on any atom is 0.409 e. The Morgan fingerprint density at radius 1 is 1.19 bits per heavy atom. The van der Waals surface area contributed by atoms with Crippen molar-refractivity contribution in [3.63, 3.8) is 0 Å². The molecular weight excluding hydrogens is 370 g/mol. The predicted octanol–water partition coefficient (Wildman–Crippen LogP) is 1.72. The van der Waals surface area contributed by atoms with Crippen molar-refractivity contribution in [3.8, 4) is 0 Å². The van der Waals surface area contributed by atoms with Crippen molar-refractivity contribution in [1.29, 1.82) is 0 Å². The molecule has 1 aliphatic heterocycles. The smallest absolute Gasteiger partial charge is 0.409 e. The van der Waals surface area contributed by atoms with Gasteiger partial charge in [0, 0.05) is 30.7 Å². The van der Waals surface area contributed by atoms with Gasteiger partial charge in [-0.05, 0) is 57.9 Å². The number of hydrogen-bond donors (Lipinski definition) is 2. The SMILES string of the molecule is CCOC(=O)N1CCC(NS(=O)(=O)c2ccc(C(=O)NC(C)C)cc2)CC1. The lowest BCUT2D eigenvalue weighted by Crippen LogP contribution is -2.46. The number of amides is 2. The number of sulfonamides is 1. The second-order valence-corrected chi connectivity index (χ2v) is 8.45. The number of rotatable bonds is 6. The highest BCUT2D eigenvalue weighted by Crippen LogP contribution is 2.16. The summed E-state index contributed by atoms with van der Waals surface area (Å²) < 4.78 is 32.8. The molecule has 27 heavy (non-hydrogen) atoms. The molecule has 0 atom stereocenters. The van der Waals surface area contributed by atoms with Crippen molar-refractivity contribution in [1.82, 2.24) is 14.9 Å². The Bertz CT molecular complexity index is 754. The first-order chi connectivity index (χ1) is 12.7. The summed E-state index contributed by atoms with van der Waals surface area (Å²) in [5.41, 5.74) is 0.408. The Kier molecular flexibility index (Phi) is 7.20. The summed E-state index contributed by atoms with van der Waals surface area (Å²) in [7, 11) is -3.69. The van der Waals surface area contributed by atoms with Gasteiger partial charge in [0.2, 0.25) is 10.0 Å². The number of carbonyl (C=O) groups excluding carboxylic acids is 2. The molecule has 8 nitrogen and oxygen atoms in total. The van der Waals surface area contributed by atoms with Crippen molar-refractivity contribution in [2.45, 2.75) is 50.6 Å². The average Bonchev–Trinajstić information content (AvgIpc) is 2.62. The predicted molar refractivity (Wildman–Crippen MR) is 101 cm³/mol. The van der Waals surface area contributed by atoms with Crippen LogP contribution in [0.1, 0.15) is 44.0 Å². The van der Waals surface area contributed by atoms with Crippen LogP contribution in [0, 0.1) is 0 Å². The van der Waals surface area contributed by atoms with Crippen LogP contribution in [0.2, 0.25) is 0 Å². The van der Waals surface area contributed by atoms with Crippen LogP contribution in [0.15, 0.2) is 29.2 Å². The van der Waals surface area contributed by atoms with E-state index < -0.39 is 10.0 Å². The van der Waals surface area contributed by atoms with Gasteiger partial charge >= 0.3 is 6.09 Å². The van der Waals surface area contributed by atoms with E-state index in [2.05, 4.69) is 10.0 Å². The summed E-state index contributed by atoms with van der Waals surface area (Å²) in [6, 6.07) is 5.59. The molecule has 1 heterocycles. The third-order valence-electron chi connectivity index (χ3n) is 4.19. The molecule has 1 aliphatic rings. The zero-order chi connectivity index (χ0) is 20.0. The van der Waals surface area contributed by atoms with E-state index in [0.717, 1.165) is 0 Å². The Balaban J connectivity index is 1.95. The Hall–Kier alpha value is -2.13. The van der Waals surface area contributed by atoms with Crippen LogP contribution in [-0.4, -0.2) is 57.1 Å². The molecule has 0 radical (unpaired) electrons. The summed E-state index contributed by atoms with van der Waals surface area (Å²) in [5, 5.41) is 2.76. The van der Waals surface area contributed by atoms with Crippen LogP contribution in [0.4, 0.5) is 4.79 Å². The number of likely N-dealkylation sites (tertiary alicyclic amines) is 1. The van der Waals surface area contributed by atoms with Crippen molar-refractivity contribution < 1.29 is 22.7 Å². The fourth-order valence-corrected chi connectivity index (χ4v) is 4.12. The van der Waals surface area contributed by atoms with Crippen LogP contribution in [0.5, 0.6) is 0 Å². The van der Waals surface area contributed by atoms with Gasteiger partial charge in [0.15, 0.2) is 0 Å². The number of hydrogen-bond acceptors (Lipinski definition) is 5. The van der Waals surface area contributed by atoms with Crippen LogP contribution in [0.25, 0.3) is 0 Å². The molecule has 0 aliphatic carbocycles. The molecule has 1 aromatic rings. The molecule has 0 bridgehead atoms. The molecule has 2 N–H and O–H groups in total. The fourth-order valence-electron chi connectivity index (χ4n) is 2.81. The molecule has 0 unspecified atom stereocenters. The highest BCUT2D eigenvalue weighted by Gasteiger charge is 2.27. The summed E-state index contributed by atoms with van der Waals surface area (Å²) in [6.07, 6.45) is 0.675. The molecule has 150 valence electrons. The monoisotopic (exact) mass is 397 g/mol. The topological polar surface area (TPSA) is 105 Å². The maximum absolute atomic E-state index is 12.6.